The Morgan fingerprint density at radius 1 is 1.23 bits per heavy atom. The lowest BCUT2D eigenvalue weighted by Crippen LogP contribution is -2.06. The third kappa shape index (κ3) is 4.14. The van der Waals surface area contributed by atoms with Crippen molar-refractivity contribution >= 4 is 29.4 Å². The van der Waals surface area contributed by atoms with Gasteiger partial charge in [-0.25, -0.2) is 9.67 Å². The van der Waals surface area contributed by atoms with Gasteiger partial charge in [-0.3, -0.25) is 0 Å². The van der Waals surface area contributed by atoms with Crippen LogP contribution < -0.4 is 5.73 Å². The second-order valence-electron chi connectivity index (χ2n) is 4.75. The molecule has 0 fully saturated rings. The summed E-state index contributed by atoms with van der Waals surface area (Å²) in [6.45, 7) is 0. The summed E-state index contributed by atoms with van der Waals surface area (Å²) in [5.74, 6) is 0. The third-order valence-electron chi connectivity index (χ3n) is 3.00. The van der Waals surface area contributed by atoms with Crippen molar-refractivity contribution in [2.24, 2.45) is 10.7 Å². The van der Waals surface area contributed by atoms with Crippen LogP contribution in [0.4, 0.5) is 13.2 Å². The fourth-order valence-corrected chi connectivity index (χ4v) is 2.48. The summed E-state index contributed by atoms with van der Waals surface area (Å²) in [5.41, 5.74) is 4.10. The predicted octanol–water partition coefficient (Wildman–Crippen LogP) is 3.83. The van der Waals surface area contributed by atoms with Crippen LogP contribution >= 0.6 is 23.2 Å². The number of rotatable bonds is 3. The zero-order valence-corrected chi connectivity index (χ0v) is 14.1. The molecule has 6 nitrogen and oxygen atoms in total. The number of nitrogens with zero attached hydrogens (tertiary/aromatic N) is 5. The lowest BCUT2D eigenvalue weighted by atomic mass is 10.2. The molecular formula is C15H7Cl2F3N6. The second kappa shape index (κ2) is 7.48. The molecule has 0 atom stereocenters. The highest BCUT2D eigenvalue weighted by atomic mass is 35.5. The number of nitriles is 2. The smallest absolute Gasteiger partial charge is 0.388 e. The van der Waals surface area contributed by atoms with Crippen molar-refractivity contribution < 1.29 is 13.2 Å². The molecule has 2 aromatic rings. The van der Waals surface area contributed by atoms with Gasteiger partial charge in [0, 0.05) is 18.0 Å². The van der Waals surface area contributed by atoms with Gasteiger partial charge in [0.1, 0.15) is 23.5 Å². The van der Waals surface area contributed by atoms with Gasteiger partial charge in [0.25, 0.3) is 0 Å². The van der Waals surface area contributed by atoms with Gasteiger partial charge in [-0.15, -0.1) is 0 Å². The molecule has 0 radical (unpaired) electrons. The average molecular weight is 399 g/mol. The second-order valence-corrected chi connectivity index (χ2v) is 5.56. The Hall–Kier alpha value is -3.01. The van der Waals surface area contributed by atoms with Gasteiger partial charge in [0.15, 0.2) is 5.70 Å². The number of aliphatic imine (C=N–C) groups is 1. The lowest BCUT2D eigenvalue weighted by molar-refractivity contribution is -0.137. The number of benzene rings is 1. The molecule has 0 saturated heterocycles. The molecule has 1 aromatic heterocycles. The first-order valence-electron chi connectivity index (χ1n) is 6.62. The van der Waals surface area contributed by atoms with E-state index >= 15 is 0 Å². The van der Waals surface area contributed by atoms with Crippen LogP contribution in [0.25, 0.3) is 5.69 Å². The predicted molar refractivity (Wildman–Crippen MR) is 88.6 cm³/mol. The third-order valence-corrected chi connectivity index (χ3v) is 3.58. The van der Waals surface area contributed by atoms with Crippen molar-refractivity contribution in [1.82, 2.24) is 9.78 Å². The fourth-order valence-electron chi connectivity index (χ4n) is 1.82. The van der Waals surface area contributed by atoms with Crippen LogP contribution in [0.2, 0.25) is 10.0 Å². The molecule has 2 N–H and O–H groups in total. The Kier molecular flexibility index (Phi) is 5.56. The summed E-state index contributed by atoms with van der Waals surface area (Å²) in [6.07, 6.45) is -0.695. The van der Waals surface area contributed by atoms with Crippen LogP contribution in [0, 0.1) is 22.7 Å². The number of halogens is 5. The van der Waals surface area contributed by atoms with Crippen molar-refractivity contribution in [3.8, 4) is 17.8 Å². The van der Waals surface area contributed by atoms with E-state index in [1.165, 1.54) is 18.6 Å². The number of aromatic nitrogens is 2. The highest BCUT2D eigenvalue weighted by Gasteiger charge is 2.32. The van der Waals surface area contributed by atoms with E-state index in [1.54, 1.807) is 12.1 Å². The molecule has 132 valence electrons. The van der Waals surface area contributed by atoms with Crippen molar-refractivity contribution in [2.45, 2.75) is 6.18 Å². The normalized spacial score (nSPS) is 12.6. The largest absolute Gasteiger partial charge is 0.416 e. The summed E-state index contributed by atoms with van der Waals surface area (Å²) in [7, 11) is 0. The minimum Gasteiger partial charge on any atom is -0.388 e. The molecule has 0 aliphatic rings. The monoisotopic (exact) mass is 398 g/mol. The number of hydrogen-bond donors (Lipinski definition) is 1. The van der Waals surface area contributed by atoms with Gasteiger partial charge in [0.05, 0.1) is 21.8 Å². The highest BCUT2D eigenvalue weighted by Crippen LogP contribution is 2.37. The summed E-state index contributed by atoms with van der Waals surface area (Å²) < 4.78 is 39.5. The Morgan fingerprint density at radius 2 is 1.85 bits per heavy atom. The first kappa shape index (κ1) is 19.3. The average Bonchev–Trinajstić information content (AvgIpc) is 3.02. The highest BCUT2D eigenvalue weighted by molar-refractivity contribution is 6.37. The molecule has 0 aliphatic heterocycles. The van der Waals surface area contributed by atoms with Crippen molar-refractivity contribution in [1.29, 1.82) is 10.5 Å². The maximum Gasteiger partial charge on any atom is 0.416 e. The molecule has 0 aliphatic carbocycles. The van der Waals surface area contributed by atoms with Crippen LogP contribution in [-0.2, 0) is 6.18 Å². The van der Waals surface area contributed by atoms with Crippen LogP contribution in [0.3, 0.4) is 0 Å². The van der Waals surface area contributed by atoms with Crippen molar-refractivity contribution in [2.75, 3.05) is 0 Å². The van der Waals surface area contributed by atoms with Gasteiger partial charge in [-0.05, 0) is 12.1 Å². The van der Waals surface area contributed by atoms with Gasteiger partial charge in [0.2, 0.25) is 0 Å². The van der Waals surface area contributed by atoms with Crippen molar-refractivity contribution in [3.05, 3.63) is 57.1 Å². The molecule has 0 unspecified atom stereocenters. The summed E-state index contributed by atoms with van der Waals surface area (Å²) in [6, 6.07) is 4.72. The molecule has 0 saturated carbocycles. The molecule has 0 amide bonds. The van der Waals surface area contributed by atoms with E-state index in [4.69, 9.17) is 39.5 Å². The summed E-state index contributed by atoms with van der Waals surface area (Å²) in [4.78, 5) is 3.76. The zero-order chi connectivity index (χ0) is 19.5. The fraction of sp³-hybridized carbons (Fsp3) is 0.0667. The standard InChI is InChI=1S/C15H7Cl2F3N6/c16-10-1-9(15(18,19)20)2-11(17)14(10)26-7-8(6-25-26)5-24-13(4-22)12(23)3-21/h1-2,5-7H,23H2/b13-12-,24-5+. The van der Waals surface area contributed by atoms with E-state index in [-0.39, 0.29) is 27.1 Å². The minimum atomic E-state index is -4.59. The van der Waals surface area contributed by atoms with Crippen LogP contribution in [-0.4, -0.2) is 16.0 Å². The molecule has 2 rings (SSSR count). The number of hydrogen-bond acceptors (Lipinski definition) is 5. The van der Waals surface area contributed by atoms with Gasteiger partial charge in [-0.1, -0.05) is 23.2 Å². The quantitative estimate of drug-likeness (QED) is 0.626. The van der Waals surface area contributed by atoms with E-state index < -0.39 is 11.7 Å². The maximum absolute atomic E-state index is 12.8. The van der Waals surface area contributed by atoms with E-state index in [1.807, 2.05) is 0 Å². The molecular weight excluding hydrogens is 392 g/mol. The first-order valence-corrected chi connectivity index (χ1v) is 7.38. The lowest BCUT2D eigenvalue weighted by Gasteiger charge is -2.12. The number of allylic oxidation sites excluding steroid dienone is 2. The molecule has 26 heavy (non-hydrogen) atoms. The molecule has 1 heterocycles. The van der Waals surface area contributed by atoms with Crippen LogP contribution in [0.5, 0.6) is 0 Å². The molecule has 11 heteroatoms. The van der Waals surface area contributed by atoms with Crippen molar-refractivity contribution in [3.63, 3.8) is 0 Å². The molecule has 0 bridgehead atoms. The molecule has 1 aromatic carbocycles. The Morgan fingerprint density at radius 3 is 2.35 bits per heavy atom. The Bertz CT molecular complexity index is 969. The van der Waals surface area contributed by atoms with Gasteiger partial charge in [-0.2, -0.15) is 28.8 Å². The maximum atomic E-state index is 12.8. The van der Waals surface area contributed by atoms with Crippen LogP contribution in [0.15, 0.2) is 40.9 Å². The molecule has 0 spiro atoms. The van der Waals surface area contributed by atoms with E-state index in [0.29, 0.717) is 5.56 Å². The first-order chi connectivity index (χ1) is 12.2. The topological polar surface area (TPSA) is 104 Å². The summed E-state index contributed by atoms with van der Waals surface area (Å²) in [5, 5.41) is 21.0. The SMILES string of the molecule is N#C/C(N)=C(C#N)/N=C/c1cnn(-c2c(Cl)cc(C(F)(F)F)cc2Cl)c1. The summed E-state index contributed by atoms with van der Waals surface area (Å²) >= 11 is 11.8. The Labute approximate surface area is 155 Å². The van der Waals surface area contributed by atoms with E-state index in [0.717, 1.165) is 16.8 Å². The van der Waals surface area contributed by atoms with Gasteiger partial charge >= 0.3 is 6.18 Å². The van der Waals surface area contributed by atoms with Gasteiger partial charge < -0.3 is 5.73 Å². The number of nitrogens with two attached hydrogens (primary N) is 1. The van der Waals surface area contributed by atoms with E-state index in [9.17, 15) is 13.2 Å². The van der Waals surface area contributed by atoms with Crippen LogP contribution in [0.1, 0.15) is 11.1 Å². The van der Waals surface area contributed by atoms with E-state index in [2.05, 4.69) is 10.1 Å². The zero-order valence-electron chi connectivity index (χ0n) is 12.6. The number of alkyl halides is 3. The Balaban J connectivity index is 2.40. The minimum absolute atomic E-state index is 0.0496.